The van der Waals surface area contributed by atoms with E-state index in [1.807, 2.05) is 0 Å². The molecule has 0 amide bonds. The summed E-state index contributed by atoms with van der Waals surface area (Å²) in [4.78, 5) is 0. The molecular weight excluding hydrogens is 178 g/mol. The van der Waals surface area contributed by atoms with Gasteiger partial charge in [0.05, 0.1) is 11.7 Å². The summed E-state index contributed by atoms with van der Waals surface area (Å²) in [6, 6.07) is -0.318. The van der Waals surface area contributed by atoms with Crippen LogP contribution in [0.2, 0.25) is 0 Å². The number of nitrogens with two attached hydrogens (primary N) is 1. The maximum Gasteiger partial charge on any atom is 0.0942 e. The van der Waals surface area contributed by atoms with E-state index in [2.05, 4.69) is 13.2 Å². The highest BCUT2D eigenvalue weighted by molar-refractivity contribution is 5.22. The number of hydrogen-bond acceptors (Lipinski definition) is 3. The zero-order valence-corrected chi connectivity index (χ0v) is 8.58. The molecule has 81 valence electrons. The van der Waals surface area contributed by atoms with Gasteiger partial charge in [-0.2, -0.15) is 0 Å². The summed E-state index contributed by atoms with van der Waals surface area (Å²) in [5.41, 5.74) is 5.71. The molecule has 0 heterocycles. The predicted molar refractivity (Wildman–Crippen MR) is 58.7 cm³/mol. The molecule has 0 bridgehead atoms. The minimum atomic E-state index is -0.318. The van der Waals surface area contributed by atoms with Crippen molar-refractivity contribution in [3.8, 4) is 0 Å². The van der Waals surface area contributed by atoms with E-state index in [9.17, 15) is 5.11 Å². The van der Waals surface area contributed by atoms with E-state index in [0.29, 0.717) is 6.42 Å². The highest BCUT2D eigenvalue weighted by atomic mass is 16.3. The van der Waals surface area contributed by atoms with Crippen molar-refractivity contribution in [3.05, 3.63) is 30.9 Å². The molecule has 0 aromatic carbocycles. The fourth-order valence-corrected chi connectivity index (χ4v) is 1.25. The van der Waals surface area contributed by atoms with E-state index in [1.165, 1.54) is 0 Å². The molecular formula is C11H20NO2. The first-order valence-electron chi connectivity index (χ1n) is 4.86. The zero-order valence-electron chi connectivity index (χ0n) is 8.58. The van der Waals surface area contributed by atoms with Gasteiger partial charge in [0.2, 0.25) is 0 Å². The third kappa shape index (κ3) is 5.04. The van der Waals surface area contributed by atoms with Gasteiger partial charge in [0, 0.05) is 12.6 Å². The van der Waals surface area contributed by atoms with Crippen molar-refractivity contribution >= 4 is 0 Å². The average molecular weight is 198 g/mol. The van der Waals surface area contributed by atoms with Crippen LogP contribution in [0.15, 0.2) is 25.0 Å². The molecule has 14 heavy (non-hydrogen) atoms. The summed E-state index contributed by atoms with van der Waals surface area (Å²) in [7, 11) is 0. The van der Waals surface area contributed by atoms with Crippen LogP contribution in [0.1, 0.15) is 25.7 Å². The Bertz CT molecular complexity index is 180. The molecule has 0 saturated heterocycles. The molecule has 0 saturated carbocycles. The molecule has 0 fully saturated rings. The Kier molecular flexibility index (Phi) is 7.16. The quantitative estimate of drug-likeness (QED) is 0.316. The lowest BCUT2D eigenvalue weighted by atomic mass is 9.92. The van der Waals surface area contributed by atoms with Crippen LogP contribution in [0.4, 0.5) is 0 Å². The first-order valence-corrected chi connectivity index (χ1v) is 4.86. The number of unbranched alkanes of at least 4 members (excludes halogenated alkanes) is 2. The van der Waals surface area contributed by atoms with E-state index < -0.39 is 0 Å². The van der Waals surface area contributed by atoms with Gasteiger partial charge in [-0.25, -0.2) is 0 Å². The van der Waals surface area contributed by atoms with Crippen LogP contribution in [0.3, 0.4) is 0 Å². The van der Waals surface area contributed by atoms with Gasteiger partial charge in [-0.1, -0.05) is 25.5 Å². The predicted octanol–water partition coefficient (Wildman–Crippen LogP) is 1.70. The van der Waals surface area contributed by atoms with Crippen molar-refractivity contribution in [2.45, 2.75) is 31.7 Å². The maximum atomic E-state index is 9.26. The summed E-state index contributed by atoms with van der Waals surface area (Å²) < 4.78 is 0. The van der Waals surface area contributed by atoms with Crippen molar-refractivity contribution in [2.24, 2.45) is 5.73 Å². The highest BCUT2D eigenvalue weighted by Gasteiger charge is 2.18. The number of aliphatic hydroxyl groups is 2. The van der Waals surface area contributed by atoms with Gasteiger partial charge >= 0.3 is 0 Å². The van der Waals surface area contributed by atoms with Crippen molar-refractivity contribution in [2.75, 3.05) is 6.61 Å². The topological polar surface area (TPSA) is 66.5 Å². The van der Waals surface area contributed by atoms with Gasteiger partial charge in [0.25, 0.3) is 0 Å². The van der Waals surface area contributed by atoms with E-state index in [1.54, 1.807) is 6.08 Å². The van der Waals surface area contributed by atoms with Gasteiger partial charge in [-0.05, 0) is 12.8 Å². The molecule has 4 N–H and O–H groups in total. The van der Waals surface area contributed by atoms with Gasteiger partial charge in [-0.15, -0.1) is 6.58 Å². The summed E-state index contributed by atoms with van der Waals surface area (Å²) in [5.74, 6) is 0.777. The molecule has 0 rings (SSSR count). The molecule has 0 aliphatic heterocycles. The van der Waals surface area contributed by atoms with Crippen LogP contribution in [-0.2, 0) is 0 Å². The van der Waals surface area contributed by atoms with Crippen LogP contribution >= 0.6 is 0 Å². The number of aliphatic hydroxyl groups excluding tert-OH is 2. The van der Waals surface area contributed by atoms with E-state index in [0.717, 1.165) is 25.2 Å². The minimum Gasteiger partial charge on any atom is -0.512 e. The molecule has 1 atom stereocenters. The van der Waals surface area contributed by atoms with E-state index >= 15 is 0 Å². The second-order valence-electron chi connectivity index (χ2n) is 3.27. The minimum absolute atomic E-state index is 0.0430. The average Bonchev–Trinajstić information content (AvgIpc) is 2.16. The number of hydrogen-bond donors (Lipinski definition) is 3. The van der Waals surface area contributed by atoms with Gasteiger partial charge in [-0.3, -0.25) is 0 Å². The van der Waals surface area contributed by atoms with Crippen LogP contribution in [0.5, 0.6) is 0 Å². The van der Waals surface area contributed by atoms with Gasteiger partial charge < -0.3 is 15.9 Å². The van der Waals surface area contributed by atoms with Crippen LogP contribution in [0, 0.1) is 5.92 Å². The summed E-state index contributed by atoms with van der Waals surface area (Å²) in [6.07, 6.45) is 4.91. The smallest absolute Gasteiger partial charge is 0.0942 e. The van der Waals surface area contributed by atoms with Crippen molar-refractivity contribution in [1.82, 2.24) is 0 Å². The lowest BCUT2D eigenvalue weighted by molar-refractivity contribution is 0.282. The molecule has 0 aromatic heterocycles. The Morgan fingerprint density at radius 3 is 2.43 bits per heavy atom. The fraction of sp³-hybridized carbons (Fsp3) is 0.545. The Labute approximate surface area is 85.9 Å². The summed E-state index contributed by atoms with van der Waals surface area (Å²) >= 11 is 0. The van der Waals surface area contributed by atoms with Crippen molar-refractivity contribution in [3.63, 3.8) is 0 Å². The lowest BCUT2D eigenvalue weighted by Crippen LogP contribution is -2.27. The highest BCUT2D eigenvalue weighted by Crippen LogP contribution is 2.21. The van der Waals surface area contributed by atoms with E-state index in [-0.39, 0.29) is 18.4 Å². The second-order valence-corrected chi connectivity index (χ2v) is 3.27. The fourth-order valence-electron chi connectivity index (χ4n) is 1.25. The Hall–Kier alpha value is -0.800. The largest absolute Gasteiger partial charge is 0.512 e. The third-order valence-corrected chi connectivity index (χ3v) is 2.13. The second kappa shape index (κ2) is 7.59. The molecule has 1 unspecified atom stereocenters. The molecule has 0 aliphatic carbocycles. The maximum absolute atomic E-state index is 9.26. The van der Waals surface area contributed by atoms with E-state index in [4.69, 9.17) is 10.8 Å². The Morgan fingerprint density at radius 2 is 2.00 bits per heavy atom. The third-order valence-electron chi connectivity index (χ3n) is 2.13. The number of rotatable bonds is 8. The normalized spacial score (nSPS) is 12.8. The van der Waals surface area contributed by atoms with Crippen LogP contribution in [0.25, 0.3) is 0 Å². The molecule has 3 heteroatoms. The monoisotopic (exact) mass is 198 g/mol. The van der Waals surface area contributed by atoms with Gasteiger partial charge in [0.15, 0.2) is 0 Å². The summed E-state index contributed by atoms with van der Waals surface area (Å²) in [5, 5.41) is 17.8. The van der Waals surface area contributed by atoms with Gasteiger partial charge in [0.1, 0.15) is 0 Å². The van der Waals surface area contributed by atoms with Crippen LogP contribution < -0.4 is 5.73 Å². The molecule has 0 spiro atoms. The van der Waals surface area contributed by atoms with Crippen molar-refractivity contribution < 1.29 is 10.2 Å². The van der Waals surface area contributed by atoms with Crippen LogP contribution in [-0.4, -0.2) is 22.9 Å². The molecule has 1 radical (unpaired) electrons. The molecule has 0 aliphatic rings. The first-order chi connectivity index (χ1) is 6.63. The Balaban J connectivity index is 3.86. The lowest BCUT2D eigenvalue weighted by Gasteiger charge is -2.18. The molecule has 0 aromatic rings. The Morgan fingerprint density at radius 1 is 1.36 bits per heavy atom. The SMILES string of the molecule is C=CC(N)[C](CCCCCO)C(=C)O. The first kappa shape index (κ1) is 13.2. The molecule has 3 nitrogen and oxygen atoms in total. The standard InChI is InChI=1S/C11H20NO2/c1-3-11(12)10(9(2)14)7-5-4-6-8-13/h3,11,13-14H,1-2,4-8,12H2. The summed E-state index contributed by atoms with van der Waals surface area (Å²) in [6.45, 7) is 7.25. The zero-order chi connectivity index (χ0) is 11.0. The van der Waals surface area contributed by atoms with Crippen molar-refractivity contribution in [1.29, 1.82) is 0 Å².